The van der Waals surface area contributed by atoms with E-state index < -0.39 is 30.0 Å². The van der Waals surface area contributed by atoms with Crippen molar-refractivity contribution in [1.29, 1.82) is 0 Å². The Kier molecular flexibility index (Phi) is 7.01. The first kappa shape index (κ1) is 27.0. The maximum Gasteiger partial charge on any atom is 0.388 e. The Labute approximate surface area is 228 Å². The van der Waals surface area contributed by atoms with Gasteiger partial charge in [-0.05, 0) is 36.4 Å². The highest BCUT2D eigenvalue weighted by molar-refractivity contribution is 7.32. The smallest absolute Gasteiger partial charge is 0.388 e. The maximum absolute atomic E-state index is 6.75. The molecule has 0 bridgehead atoms. The van der Waals surface area contributed by atoms with Gasteiger partial charge in [-0.3, -0.25) is 4.52 Å². The number of hydrogen-bond acceptors (Lipinski definition) is 5. The highest BCUT2D eigenvalue weighted by Gasteiger charge is 2.38. The van der Waals surface area contributed by atoms with E-state index in [9.17, 15) is 0 Å². The molecule has 38 heavy (non-hydrogen) atoms. The summed E-state index contributed by atoms with van der Waals surface area (Å²) in [6.07, 6.45) is 0. The van der Waals surface area contributed by atoms with E-state index in [0.29, 0.717) is 12.5 Å². The second-order valence-electron chi connectivity index (χ2n) is 12.6. The Morgan fingerprint density at radius 2 is 1.29 bits per heavy atom. The number of rotatable bonds is 6. The maximum atomic E-state index is 6.75. The van der Waals surface area contributed by atoms with E-state index in [2.05, 4.69) is 89.5 Å². The van der Waals surface area contributed by atoms with E-state index in [1.165, 1.54) is 10.4 Å². The molecule has 1 aliphatic heterocycles. The molecule has 1 aliphatic rings. The lowest BCUT2D eigenvalue weighted by Gasteiger charge is -2.26. The summed E-state index contributed by atoms with van der Waals surface area (Å²) in [6.45, 7) is 18.6. The molecular weight excluding hydrogens is 525 g/mol. The first-order chi connectivity index (χ1) is 17.8. The molecule has 8 heteroatoms. The van der Waals surface area contributed by atoms with Crippen LogP contribution in [0.4, 0.5) is 0 Å². The van der Waals surface area contributed by atoms with Gasteiger partial charge < -0.3 is 13.1 Å². The molecule has 0 fully saturated rings. The van der Waals surface area contributed by atoms with E-state index >= 15 is 0 Å². The molecule has 5 rings (SSSR count). The van der Waals surface area contributed by atoms with Crippen LogP contribution >= 0.6 is 8.24 Å². The molecule has 0 N–H and O–H groups in total. The van der Waals surface area contributed by atoms with Gasteiger partial charge in [0.2, 0.25) is 5.90 Å². The number of fused-ring (bicyclic) bond motifs is 3. The van der Waals surface area contributed by atoms with Gasteiger partial charge in [-0.15, -0.1) is 0 Å². The Balaban J connectivity index is 1.69. The van der Waals surface area contributed by atoms with Gasteiger partial charge in [0.15, 0.2) is 0 Å². The van der Waals surface area contributed by atoms with Gasteiger partial charge >= 0.3 is 8.24 Å². The third kappa shape index (κ3) is 5.30. The molecule has 0 aliphatic carbocycles. The van der Waals surface area contributed by atoms with Crippen molar-refractivity contribution in [2.75, 3.05) is 6.61 Å². The standard InChI is InChI=1S/C30H38NO4PSi2/c1-30(2,26-20-32-29(31-26)21-14-10-9-11-15-21)35-36-33-27-22(16-12-18-24(27)37(3,4)5)23-17-13-19-25(28(23)34-36)38(6,7)8/h9-19,26H,20H2,1-8H3/t26-/m0/s1. The van der Waals surface area contributed by atoms with Crippen molar-refractivity contribution in [2.45, 2.75) is 64.8 Å². The van der Waals surface area contributed by atoms with Crippen LogP contribution < -0.4 is 14.9 Å². The van der Waals surface area contributed by atoms with E-state index in [1.54, 1.807) is 0 Å². The average molecular weight is 564 g/mol. The Hall–Kier alpha value is -2.58. The third-order valence-electron chi connectivity index (χ3n) is 7.05. The van der Waals surface area contributed by atoms with Gasteiger partial charge in [-0.2, -0.15) is 0 Å². The van der Waals surface area contributed by atoms with Crippen LogP contribution in [0, 0.1) is 0 Å². The molecule has 0 saturated carbocycles. The Bertz CT molecular complexity index is 1470. The summed E-state index contributed by atoms with van der Waals surface area (Å²) in [5, 5.41) is 4.71. The summed E-state index contributed by atoms with van der Waals surface area (Å²) in [6, 6.07) is 22.8. The first-order valence-corrected chi connectivity index (χ1v) is 21.3. The summed E-state index contributed by atoms with van der Waals surface area (Å²) in [5.41, 5.74) is 2.10. The van der Waals surface area contributed by atoms with Gasteiger partial charge in [-0.25, -0.2) is 4.99 Å². The Morgan fingerprint density at radius 3 is 1.79 bits per heavy atom. The van der Waals surface area contributed by atoms with E-state index in [-0.39, 0.29) is 6.04 Å². The van der Waals surface area contributed by atoms with E-state index in [0.717, 1.165) is 27.5 Å². The van der Waals surface area contributed by atoms with Crippen LogP contribution in [0.15, 0.2) is 80.1 Å². The van der Waals surface area contributed by atoms with Crippen molar-refractivity contribution in [1.82, 2.24) is 0 Å². The number of hydrogen-bond donors (Lipinski definition) is 0. The average Bonchev–Trinajstić information content (AvgIpc) is 3.29. The highest BCUT2D eigenvalue weighted by Crippen LogP contribution is 2.38. The lowest BCUT2D eigenvalue weighted by atomic mass is 10.0. The van der Waals surface area contributed by atoms with Crippen molar-refractivity contribution in [2.24, 2.45) is 4.99 Å². The van der Waals surface area contributed by atoms with Crippen LogP contribution in [0.2, 0.25) is 39.3 Å². The molecule has 5 nitrogen and oxygen atoms in total. The molecule has 3 aromatic carbocycles. The van der Waals surface area contributed by atoms with Gasteiger partial charge in [0, 0.05) is 16.3 Å². The molecule has 0 unspecified atom stereocenters. The second-order valence-corrected chi connectivity index (χ2v) is 23.7. The minimum absolute atomic E-state index is 0.186. The van der Waals surface area contributed by atoms with Crippen LogP contribution in [0.3, 0.4) is 0 Å². The van der Waals surface area contributed by atoms with Gasteiger partial charge in [0.05, 0.1) is 16.1 Å². The zero-order chi connectivity index (χ0) is 27.3. The molecule has 2 heterocycles. The minimum Gasteiger partial charge on any atom is -0.475 e. The molecule has 4 aromatic rings. The summed E-state index contributed by atoms with van der Waals surface area (Å²) in [4.78, 5) is 4.90. The fourth-order valence-corrected chi connectivity index (χ4v) is 9.21. The van der Waals surface area contributed by atoms with E-state index in [1.807, 2.05) is 30.3 Å². The lowest BCUT2D eigenvalue weighted by molar-refractivity contribution is 0.110. The fraction of sp³-hybridized carbons (Fsp3) is 0.367. The predicted molar refractivity (Wildman–Crippen MR) is 166 cm³/mol. The van der Waals surface area contributed by atoms with Gasteiger partial charge in [0.25, 0.3) is 0 Å². The SMILES string of the molecule is CC(C)(Op1oc2c([Si](C)(C)C)cccc2c2cccc([Si](C)(C)C)c2o1)[C@@H]1COC(c2ccccc2)=N1. The number of nitrogens with zero attached hydrogens (tertiary/aromatic N) is 1. The quantitative estimate of drug-likeness (QED) is 0.229. The molecule has 0 radical (unpaired) electrons. The second kappa shape index (κ2) is 9.87. The van der Waals surface area contributed by atoms with Crippen molar-refractivity contribution in [3.05, 3.63) is 72.3 Å². The van der Waals surface area contributed by atoms with Crippen molar-refractivity contribution in [3.8, 4) is 0 Å². The van der Waals surface area contributed by atoms with Crippen molar-refractivity contribution in [3.63, 3.8) is 0 Å². The number of ether oxygens (including phenoxy) is 1. The van der Waals surface area contributed by atoms with Crippen molar-refractivity contribution < 1.29 is 17.7 Å². The summed E-state index contributed by atoms with van der Waals surface area (Å²) >= 11 is 0. The monoisotopic (exact) mass is 563 g/mol. The predicted octanol–water partition coefficient (Wildman–Crippen LogP) is 7.43. The van der Waals surface area contributed by atoms with Crippen LogP contribution in [-0.4, -0.2) is 40.3 Å². The zero-order valence-corrected chi connectivity index (χ0v) is 26.6. The van der Waals surface area contributed by atoms with Crippen LogP contribution in [0.25, 0.3) is 21.9 Å². The highest BCUT2D eigenvalue weighted by atomic mass is 31.1. The molecule has 1 aromatic heterocycles. The first-order valence-electron chi connectivity index (χ1n) is 13.2. The molecular formula is C30H38NO4PSi2. The molecule has 0 amide bonds. The number of para-hydroxylation sites is 2. The summed E-state index contributed by atoms with van der Waals surface area (Å²) < 4.78 is 26.2. The third-order valence-corrected chi connectivity index (χ3v) is 12.4. The largest absolute Gasteiger partial charge is 0.475 e. The van der Waals surface area contributed by atoms with Crippen LogP contribution in [0.1, 0.15) is 19.4 Å². The molecule has 1 atom stereocenters. The minimum atomic E-state index is -1.75. The number of benzene rings is 3. The molecule has 0 spiro atoms. The Morgan fingerprint density at radius 1 is 0.763 bits per heavy atom. The van der Waals surface area contributed by atoms with Crippen LogP contribution in [0.5, 0.6) is 0 Å². The lowest BCUT2D eigenvalue weighted by Crippen LogP contribution is -2.41. The van der Waals surface area contributed by atoms with Crippen molar-refractivity contribution >= 4 is 62.6 Å². The molecule has 0 saturated heterocycles. The van der Waals surface area contributed by atoms with E-state index in [4.69, 9.17) is 22.6 Å². The zero-order valence-electron chi connectivity index (χ0n) is 23.7. The summed E-state index contributed by atoms with van der Waals surface area (Å²) in [5.74, 6) is 0.653. The summed E-state index contributed by atoms with van der Waals surface area (Å²) in [7, 11) is -5.20. The van der Waals surface area contributed by atoms with Gasteiger partial charge in [0.1, 0.15) is 29.4 Å². The normalized spacial score (nSPS) is 16.5. The van der Waals surface area contributed by atoms with Crippen LogP contribution in [-0.2, 0) is 4.74 Å². The number of aliphatic imine (C=N–C) groups is 1. The topological polar surface area (TPSA) is 57.1 Å². The molecule has 200 valence electrons. The van der Waals surface area contributed by atoms with Gasteiger partial charge in [-0.1, -0.05) is 93.9 Å². The fourth-order valence-electron chi connectivity index (χ4n) is 4.80.